The number of hydrogen-bond acceptors (Lipinski definition) is 3. The van der Waals surface area contributed by atoms with E-state index in [1.54, 1.807) is 6.07 Å². The van der Waals surface area contributed by atoms with E-state index < -0.39 is 11.8 Å². The van der Waals surface area contributed by atoms with E-state index >= 15 is 0 Å². The zero-order valence-electron chi connectivity index (χ0n) is 9.72. The van der Waals surface area contributed by atoms with Crippen LogP contribution >= 0.6 is 0 Å². The van der Waals surface area contributed by atoms with Crippen LogP contribution in [-0.2, 0) is 9.59 Å². The van der Waals surface area contributed by atoms with Crippen molar-refractivity contribution in [1.82, 2.24) is 10.6 Å². The second kappa shape index (κ2) is 5.32. The van der Waals surface area contributed by atoms with Crippen molar-refractivity contribution >= 4 is 11.8 Å². The molecule has 0 aliphatic heterocycles. The van der Waals surface area contributed by atoms with Crippen LogP contribution < -0.4 is 10.6 Å². The molecule has 0 bridgehead atoms. The van der Waals surface area contributed by atoms with E-state index in [2.05, 4.69) is 10.6 Å². The average Bonchev–Trinajstić information content (AvgIpc) is 3.16. The van der Waals surface area contributed by atoms with Gasteiger partial charge in [0, 0.05) is 12.0 Å². The van der Waals surface area contributed by atoms with Crippen molar-refractivity contribution in [3.05, 3.63) is 35.9 Å². The molecule has 2 N–H and O–H groups in total. The first-order valence-corrected chi connectivity index (χ1v) is 5.73. The lowest BCUT2D eigenvalue weighted by Crippen LogP contribution is -2.41. The molecule has 2 atom stereocenters. The maximum atomic E-state index is 11.4. The fourth-order valence-corrected chi connectivity index (χ4v) is 1.86. The summed E-state index contributed by atoms with van der Waals surface area (Å²) in [5.41, 5.74) is 1.17. The highest BCUT2D eigenvalue weighted by atomic mass is 16.2. The van der Waals surface area contributed by atoms with Gasteiger partial charge in [-0.05, 0) is 12.0 Å². The summed E-state index contributed by atoms with van der Waals surface area (Å²) in [6, 6.07) is 11.6. The molecule has 0 heterocycles. The van der Waals surface area contributed by atoms with Crippen molar-refractivity contribution in [2.45, 2.75) is 18.4 Å². The molecule has 1 aromatic carbocycles. The Morgan fingerprint density at radius 2 is 2.00 bits per heavy atom. The normalized spacial score (nSPS) is 20.6. The van der Waals surface area contributed by atoms with Gasteiger partial charge >= 0.3 is 11.8 Å². The first-order chi connectivity index (χ1) is 8.72. The minimum Gasteiger partial charge on any atom is -0.344 e. The predicted octanol–water partition coefficient (Wildman–Crippen LogP) is 0.298. The SMILES string of the molecule is N#CCNC(=O)C(=O)NC1CC1c1ccccc1. The van der Waals surface area contributed by atoms with E-state index in [0.29, 0.717) is 5.92 Å². The molecule has 0 radical (unpaired) electrons. The summed E-state index contributed by atoms with van der Waals surface area (Å²) in [7, 11) is 0. The molecule has 5 nitrogen and oxygen atoms in total. The van der Waals surface area contributed by atoms with Crippen molar-refractivity contribution < 1.29 is 9.59 Å². The smallest absolute Gasteiger partial charge is 0.310 e. The Balaban J connectivity index is 1.81. The van der Waals surface area contributed by atoms with Crippen LogP contribution in [0.15, 0.2) is 30.3 Å². The molecule has 18 heavy (non-hydrogen) atoms. The van der Waals surface area contributed by atoms with Gasteiger partial charge in [0.1, 0.15) is 6.54 Å². The van der Waals surface area contributed by atoms with Gasteiger partial charge in [0.25, 0.3) is 0 Å². The standard InChI is InChI=1S/C13H13N3O2/c14-6-7-15-12(17)13(18)16-11-8-10(11)9-4-2-1-3-5-9/h1-5,10-11H,7-8H2,(H,15,17)(H,16,18). The molecule has 0 aromatic heterocycles. The molecule has 1 aliphatic rings. The van der Waals surface area contributed by atoms with Gasteiger partial charge in [-0.25, -0.2) is 0 Å². The van der Waals surface area contributed by atoms with Crippen LogP contribution in [0.2, 0.25) is 0 Å². The summed E-state index contributed by atoms with van der Waals surface area (Å²) in [6.07, 6.45) is 0.848. The molecule has 0 saturated heterocycles. The maximum absolute atomic E-state index is 11.4. The molecular weight excluding hydrogens is 230 g/mol. The van der Waals surface area contributed by atoms with Gasteiger partial charge in [0.2, 0.25) is 0 Å². The van der Waals surface area contributed by atoms with Gasteiger partial charge in [0.15, 0.2) is 0 Å². The Hall–Kier alpha value is -2.35. The molecule has 2 unspecified atom stereocenters. The average molecular weight is 243 g/mol. The largest absolute Gasteiger partial charge is 0.344 e. The molecule has 0 spiro atoms. The fourth-order valence-electron chi connectivity index (χ4n) is 1.86. The highest BCUT2D eigenvalue weighted by molar-refractivity contribution is 6.35. The van der Waals surface area contributed by atoms with Crippen LogP contribution in [0.25, 0.3) is 0 Å². The lowest BCUT2D eigenvalue weighted by atomic mass is 10.1. The van der Waals surface area contributed by atoms with Crippen LogP contribution in [0.1, 0.15) is 17.9 Å². The molecule has 2 amide bonds. The Bertz CT molecular complexity index is 493. The van der Waals surface area contributed by atoms with Gasteiger partial charge in [-0.1, -0.05) is 30.3 Å². The third kappa shape index (κ3) is 2.86. The molecule has 1 aromatic rings. The van der Waals surface area contributed by atoms with Crippen LogP contribution in [-0.4, -0.2) is 24.4 Å². The summed E-state index contributed by atoms with van der Waals surface area (Å²) in [6.45, 7) is -0.154. The van der Waals surface area contributed by atoms with Crippen molar-refractivity contribution in [2.75, 3.05) is 6.54 Å². The van der Waals surface area contributed by atoms with Crippen LogP contribution in [0, 0.1) is 11.3 Å². The number of amides is 2. The topological polar surface area (TPSA) is 82.0 Å². The Labute approximate surface area is 105 Å². The zero-order chi connectivity index (χ0) is 13.0. The second-order valence-corrected chi connectivity index (χ2v) is 4.17. The van der Waals surface area contributed by atoms with E-state index in [4.69, 9.17) is 5.26 Å². The van der Waals surface area contributed by atoms with Crippen molar-refractivity contribution in [3.63, 3.8) is 0 Å². The zero-order valence-corrected chi connectivity index (χ0v) is 9.72. The summed E-state index contributed by atoms with van der Waals surface area (Å²) in [5, 5.41) is 13.1. The molecule has 1 saturated carbocycles. The minimum atomic E-state index is -0.754. The third-order valence-corrected chi connectivity index (χ3v) is 2.87. The number of nitrogens with one attached hydrogen (secondary N) is 2. The number of nitrogens with zero attached hydrogens (tertiary/aromatic N) is 1. The summed E-state index contributed by atoms with van der Waals surface area (Å²) in [4.78, 5) is 22.7. The molecule has 1 fully saturated rings. The minimum absolute atomic E-state index is 0.0211. The Morgan fingerprint density at radius 3 is 2.67 bits per heavy atom. The second-order valence-electron chi connectivity index (χ2n) is 4.17. The van der Waals surface area contributed by atoms with Gasteiger partial charge < -0.3 is 10.6 Å². The van der Waals surface area contributed by atoms with E-state index in [-0.39, 0.29) is 12.6 Å². The van der Waals surface area contributed by atoms with Gasteiger partial charge in [0.05, 0.1) is 6.07 Å². The van der Waals surface area contributed by atoms with Crippen LogP contribution in [0.4, 0.5) is 0 Å². The summed E-state index contributed by atoms with van der Waals surface area (Å²) >= 11 is 0. The summed E-state index contributed by atoms with van der Waals surface area (Å²) in [5.74, 6) is -1.14. The van der Waals surface area contributed by atoms with Gasteiger partial charge in [-0.3, -0.25) is 9.59 Å². The first kappa shape index (κ1) is 12.1. The van der Waals surface area contributed by atoms with E-state index in [9.17, 15) is 9.59 Å². The van der Waals surface area contributed by atoms with E-state index in [0.717, 1.165) is 6.42 Å². The number of carbonyl (C=O) groups is 2. The first-order valence-electron chi connectivity index (χ1n) is 5.73. The van der Waals surface area contributed by atoms with E-state index in [1.807, 2.05) is 30.3 Å². The van der Waals surface area contributed by atoms with Gasteiger partial charge in [-0.15, -0.1) is 0 Å². The summed E-state index contributed by atoms with van der Waals surface area (Å²) < 4.78 is 0. The quantitative estimate of drug-likeness (QED) is 0.591. The molecule has 92 valence electrons. The highest BCUT2D eigenvalue weighted by Gasteiger charge is 2.40. The third-order valence-electron chi connectivity index (χ3n) is 2.87. The maximum Gasteiger partial charge on any atom is 0.310 e. The monoisotopic (exact) mass is 243 g/mol. The van der Waals surface area contributed by atoms with Crippen LogP contribution in [0.5, 0.6) is 0 Å². The van der Waals surface area contributed by atoms with E-state index in [1.165, 1.54) is 5.56 Å². The lowest BCUT2D eigenvalue weighted by molar-refractivity contribution is -0.139. The number of hydrogen-bond donors (Lipinski definition) is 2. The Morgan fingerprint density at radius 1 is 1.28 bits per heavy atom. The molecule has 5 heteroatoms. The number of nitriles is 1. The lowest BCUT2D eigenvalue weighted by Gasteiger charge is -2.04. The fraction of sp³-hybridized carbons (Fsp3) is 0.308. The Kier molecular flexibility index (Phi) is 3.58. The highest BCUT2D eigenvalue weighted by Crippen LogP contribution is 2.40. The molecule has 2 rings (SSSR count). The van der Waals surface area contributed by atoms with Crippen molar-refractivity contribution in [2.24, 2.45) is 0 Å². The molecular formula is C13H13N3O2. The number of carbonyl (C=O) groups excluding carboxylic acids is 2. The van der Waals surface area contributed by atoms with Gasteiger partial charge in [-0.2, -0.15) is 5.26 Å². The number of benzene rings is 1. The van der Waals surface area contributed by atoms with Crippen molar-refractivity contribution in [3.8, 4) is 6.07 Å². The van der Waals surface area contributed by atoms with Crippen molar-refractivity contribution in [1.29, 1.82) is 5.26 Å². The predicted molar refractivity (Wildman–Crippen MR) is 64.4 cm³/mol. The number of rotatable bonds is 3. The van der Waals surface area contributed by atoms with Crippen LogP contribution in [0.3, 0.4) is 0 Å². The molecule has 1 aliphatic carbocycles.